The van der Waals surface area contributed by atoms with Gasteiger partial charge in [-0.15, -0.1) is 0 Å². The molecule has 2 rings (SSSR count). The normalized spacial score (nSPS) is 10.4. The first kappa shape index (κ1) is 8.81. The van der Waals surface area contributed by atoms with Gasteiger partial charge in [-0.3, -0.25) is 4.79 Å². The van der Waals surface area contributed by atoms with Crippen molar-refractivity contribution in [3.63, 3.8) is 0 Å². The van der Waals surface area contributed by atoms with E-state index in [0.29, 0.717) is 16.7 Å². The van der Waals surface area contributed by atoms with Crippen molar-refractivity contribution in [3.05, 3.63) is 40.2 Å². The standard InChI is InChI=1S/C11H11NO2/c1-7-5-10(13)9-4-3-8(12-2)6-11(9)14-7/h3-6,12H,1-2H3. The summed E-state index contributed by atoms with van der Waals surface area (Å²) in [6.45, 7) is 1.77. The fourth-order valence-corrected chi connectivity index (χ4v) is 1.43. The predicted octanol–water partition coefficient (Wildman–Crippen LogP) is 2.14. The molecule has 0 aliphatic rings. The molecule has 0 saturated heterocycles. The Morgan fingerprint density at radius 2 is 2.07 bits per heavy atom. The second kappa shape index (κ2) is 3.18. The zero-order valence-electron chi connectivity index (χ0n) is 8.13. The fourth-order valence-electron chi connectivity index (χ4n) is 1.43. The van der Waals surface area contributed by atoms with E-state index in [1.807, 2.05) is 19.2 Å². The van der Waals surface area contributed by atoms with Crippen LogP contribution in [0.1, 0.15) is 5.76 Å². The topological polar surface area (TPSA) is 42.2 Å². The van der Waals surface area contributed by atoms with Gasteiger partial charge in [-0.05, 0) is 19.1 Å². The maximum atomic E-state index is 11.5. The van der Waals surface area contributed by atoms with Crippen LogP contribution < -0.4 is 10.7 Å². The lowest BCUT2D eigenvalue weighted by atomic mass is 10.2. The maximum Gasteiger partial charge on any atom is 0.192 e. The van der Waals surface area contributed by atoms with Crippen LogP contribution >= 0.6 is 0 Å². The van der Waals surface area contributed by atoms with Crippen LogP contribution in [0.5, 0.6) is 0 Å². The highest BCUT2D eigenvalue weighted by atomic mass is 16.3. The Morgan fingerprint density at radius 3 is 2.79 bits per heavy atom. The number of hydrogen-bond donors (Lipinski definition) is 1. The van der Waals surface area contributed by atoms with Crippen LogP contribution in [0.15, 0.2) is 33.5 Å². The Labute approximate surface area is 81.4 Å². The molecule has 0 bridgehead atoms. The minimum atomic E-state index is 0.00593. The molecule has 0 spiro atoms. The van der Waals surface area contributed by atoms with E-state index in [1.54, 1.807) is 13.0 Å². The van der Waals surface area contributed by atoms with Gasteiger partial charge in [0.1, 0.15) is 11.3 Å². The Hall–Kier alpha value is -1.77. The van der Waals surface area contributed by atoms with Gasteiger partial charge < -0.3 is 9.73 Å². The van der Waals surface area contributed by atoms with Crippen LogP contribution in [0.4, 0.5) is 5.69 Å². The highest BCUT2D eigenvalue weighted by Gasteiger charge is 2.02. The zero-order chi connectivity index (χ0) is 10.1. The van der Waals surface area contributed by atoms with E-state index in [4.69, 9.17) is 4.42 Å². The van der Waals surface area contributed by atoms with E-state index in [2.05, 4.69) is 5.32 Å². The van der Waals surface area contributed by atoms with Gasteiger partial charge in [0, 0.05) is 24.9 Å². The average molecular weight is 189 g/mol. The molecule has 0 aliphatic carbocycles. The molecule has 0 radical (unpaired) electrons. The van der Waals surface area contributed by atoms with Crippen LogP contribution in [0.2, 0.25) is 0 Å². The summed E-state index contributed by atoms with van der Waals surface area (Å²) < 4.78 is 5.44. The summed E-state index contributed by atoms with van der Waals surface area (Å²) in [7, 11) is 1.83. The van der Waals surface area contributed by atoms with Gasteiger partial charge in [0.25, 0.3) is 0 Å². The smallest absolute Gasteiger partial charge is 0.192 e. The molecule has 3 heteroatoms. The van der Waals surface area contributed by atoms with Gasteiger partial charge >= 0.3 is 0 Å². The van der Waals surface area contributed by atoms with E-state index in [-0.39, 0.29) is 5.43 Å². The van der Waals surface area contributed by atoms with Gasteiger partial charge in [0.05, 0.1) is 5.39 Å². The molecule has 0 unspecified atom stereocenters. The number of fused-ring (bicyclic) bond motifs is 1. The number of hydrogen-bond acceptors (Lipinski definition) is 3. The van der Waals surface area contributed by atoms with Gasteiger partial charge in [0.15, 0.2) is 5.43 Å². The zero-order valence-corrected chi connectivity index (χ0v) is 8.13. The van der Waals surface area contributed by atoms with E-state index in [0.717, 1.165) is 5.69 Å². The number of aryl methyl sites for hydroxylation is 1. The van der Waals surface area contributed by atoms with Crippen LogP contribution in [-0.2, 0) is 0 Å². The third-order valence-corrected chi connectivity index (χ3v) is 2.14. The number of anilines is 1. The number of nitrogens with one attached hydrogen (secondary N) is 1. The summed E-state index contributed by atoms with van der Waals surface area (Å²) in [5.74, 6) is 0.635. The number of benzene rings is 1. The van der Waals surface area contributed by atoms with E-state index in [1.165, 1.54) is 6.07 Å². The second-order valence-corrected chi connectivity index (χ2v) is 3.18. The molecular formula is C11H11NO2. The molecule has 0 amide bonds. The van der Waals surface area contributed by atoms with Crippen LogP contribution in [0.25, 0.3) is 11.0 Å². The Bertz CT molecular complexity index is 528. The molecule has 0 atom stereocenters. The number of rotatable bonds is 1. The lowest BCUT2D eigenvalue weighted by Crippen LogP contribution is -2.00. The first-order valence-electron chi connectivity index (χ1n) is 4.43. The lowest BCUT2D eigenvalue weighted by Gasteiger charge is -2.02. The molecule has 1 aromatic carbocycles. The third kappa shape index (κ3) is 1.37. The predicted molar refractivity (Wildman–Crippen MR) is 56.8 cm³/mol. The molecule has 0 aliphatic heterocycles. The molecule has 0 saturated carbocycles. The molecule has 1 N–H and O–H groups in total. The van der Waals surface area contributed by atoms with Gasteiger partial charge in [-0.2, -0.15) is 0 Å². The summed E-state index contributed by atoms with van der Waals surface area (Å²) in [6.07, 6.45) is 0. The maximum absolute atomic E-state index is 11.5. The van der Waals surface area contributed by atoms with Crippen molar-refractivity contribution < 1.29 is 4.42 Å². The van der Waals surface area contributed by atoms with Crippen molar-refractivity contribution in [2.24, 2.45) is 0 Å². The SMILES string of the molecule is CNc1ccc2c(=O)cc(C)oc2c1. The summed E-state index contributed by atoms with van der Waals surface area (Å²) in [5, 5.41) is 3.62. The molecular weight excluding hydrogens is 178 g/mol. The summed E-state index contributed by atoms with van der Waals surface area (Å²) in [4.78, 5) is 11.5. The van der Waals surface area contributed by atoms with Crippen molar-refractivity contribution in [3.8, 4) is 0 Å². The van der Waals surface area contributed by atoms with Crippen molar-refractivity contribution in [1.82, 2.24) is 0 Å². The largest absolute Gasteiger partial charge is 0.461 e. The Morgan fingerprint density at radius 1 is 1.29 bits per heavy atom. The summed E-state index contributed by atoms with van der Waals surface area (Å²) in [6, 6.07) is 6.95. The summed E-state index contributed by atoms with van der Waals surface area (Å²) in [5.41, 5.74) is 1.57. The monoisotopic (exact) mass is 189 g/mol. The first-order valence-corrected chi connectivity index (χ1v) is 4.43. The quantitative estimate of drug-likeness (QED) is 0.747. The second-order valence-electron chi connectivity index (χ2n) is 3.18. The van der Waals surface area contributed by atoms with E-state index < -0.39 is 0 Å². The van der Waals surface area contributed by atoms with Crippen molar-refractivity contribution >= 4 is 16.7 Å². The fraction of sp³-hybridized carbons (Fsp3) is 0.182. The van der Waals surface area contributed by atoms with E-state index >= 15 is 0 Å². The highest BCUT2D eigenvalue weighted by Crippen LogP contribution is 2.16. The minimum absolute atomic E-state index is 0.00593. The summed E-state index contributed by atoms with van der Waals surface area (Å²) >= 11 is 0. The van der Waals surface area contributed by atoms with Crippen LogP contribution in [0.3, 0.4) is 0 Å². The van der Waals surface area contributed by atoms with Crippen LogP contribution in [-0.4, -0.2) is 7.05 Å². The Balaban J connectivity index is 2.82. The van der Waals surface area contributed by atoms with E-state index in [9.17, 15) is 4.79 Å². The van der Waals surface area contributed by atoms with Gasteiger partial charge in [-0.1, -0.05) is 0 Å². The Kier molecular flexibility index (Phi) is 2.00. The minimum Gasteiger partial charge on any atom is -0.461 e. The lowest BCUT2D eigenvalue weighted by molar-refractivity contribution is 0.565. The van der Waals surface area contributed by atoms with Crippen molar-refractivity contribution in [2.75, 3.05) is 12.4 Å². The molecule has 1 heterocycles. The molecule has 1 aromatic heterocycles. The van der Waals surface area contributed by atoms with Gasteiger partial charge in [-0.25, -0.2) is 0 Å². The molecule has 0 fully saturated rings. The van der Waals surface area contributed by atoms with Crippen LogP contribution in [0, 0.1) is 6.92 Å². The molecule has 3 nitrogen and oxygen atoms in total. The molecule has 14 heavy (non-hydrogen) atoms. The first-order chi connectivity index (χ1) is 6.70. The highest BCUT2D eigenvalue weighted by molar-refractivity contribution is 5.80. The molecule has 2 aromatic rings. The average Bonchev–Trinajstić information content (AvgIpc) is 2.16. The third-order valence-electron chi connectivity index (χ3n) is 2.14. The van der Waals surface area contributed by atoms with Crippen molar-refractivity contribution in [2.45, 2.75) is 6.92 Å². The van der Waals surface area contributed by atoms with Gasteiger partial charge in [0.2, 0.25) is 0 Å². The van der Waals surface area contributed by atoms with Crippen molar-refractivity contribution in [1.29, 1.82) is 0 Å². The molecule has 72 valence electrons.